The molecule has 3 heteroatoms. The van der Waals surface area contributed by atoms with Gasteiger partial charge in [0.25, 0.3) is 0 Å². The van der Waals surface area contributed by atoms with Crippen molar-refractivity contribution < 1.29 is 14.3 Å². The smallest absolute Gasteiger partial charge is 0.338 e. The highest BCUT2D eigenvalue weighted by molar-refractivity contribution is 5.97. The van der Waals surface area contributed by atoms with E-state index in [0.717, 1.165) is 5.56 Å². The van der Waals surface area contributed by atoms with E-state index in [2.05, 4.69) is 6.58 Å². The molecule has 3 nitrogen and oxygen atoms in total. The van der Waals surface area contributed by atoms with Crippen molar-refractivity contribution in [1.29, 1.82) is 0 Å². The predicted octanol–water partition coefficient (Wildman–Crippen LogP) is 2.89. The molecular weight excluding hydrogens is 216 g/mol. The molecule has 0 fully saturated rings. The quantitative estimate of drug-likeness (QED) is 0.749. The highest BCUT2D eigenvalue weighted by Crippen LogP contribution is 2.34. The number of carbonyl (C=O) groups excluding carboxylic acids is 1. The highest BCUT2D eigenvalue weighted by Gasteiger charge is 2.27. The van der Waals surface area contributed by atoms with Crippen molar-refractivity contribution in [1.82, 2.24) is 0 Å². The van der Waals surface area contributed by atoms with Crippen LogP contribution >= 0.6 is 0 Å². The molecule has 0 saturated carbocycles. The average Bonchev–Trinajstić information content (AvgIpc) is 2.73. The molecule has 2 rings (SSSR count). The zero-order valence-corrected chi connectivity index (χ0v) is 9.73. The van der Waals surface area contributed by atoms with Gasteiger partial charge in [-0.3, -0.25) is 0 Å². The minimum atomic E-state index is -0.329. The Kier molecular flexibility index (Phi) is 3.28. The molecule has 0 unspecified atom stereocenters. The minimum Gasteiger partial charge on any atom is -0.463 e. The lowest BCUT2D eigenvalue weighted by atomic mass is 10.1. The summed E-state index contributed by atoms with van der Waals surface area (Å²) < 4.78 is 10.5. The third kappa shape index (κ3) is 2.38. The summed E-state index contributed by atoms with van der Waals surface area (Å²) in [6.07, 6.45) is 0.420. The van der Waals surface area contributed by atoms with Gasteiger partial charge in [0.15, 0.2) is 0 Å². The Morgan fingerprint density at radius 3 is 2.76 bits per heavy atom. The molecule has 88 valence electrons. The van der Waals surface area contributed by atoms with Crippen LogP contribution in [0.1, 0.15) is 18.9 Å². The van der Waals surface area contributed by atoms with E-state index in [1.165, 1.54) is 0 Å². The van der Waals surface area contributed by atoms with Crippen LogP contribution in [-0.4, -0.2) is 12.6 Å². The second-order valence-electron chi connectivity index (χ2n) is 3.71. The van der Waals surface area contributed by atoms with Crippen LogP contribution in [0.25, 0.3) is 5.76 Å². The van der Waals surface area contributed by atoms with Crippen LogP contribution in [0.4, 0.5) is 0 Å². The molecule has 0 amide bonds. The summed E-state index contributed by atoms with van der Waals surface area (Å²) >= 11 is 0. The van der Waals surface area contributed by atoms with Gasteiger partial charge in [-0.25, -0.2) is 4.79 Å². The highest BCUT2D eigenvalue weighted by atomic mass is 16.5. The molecule has 1 aliphatic rings. The summed E-state index contributed by atoms with van der Waals surface area (Å²) in [5.41, 5.74) is 1.41. The van der Waals surface area contributed by atoms with Gasteiger partial charge in [-0.2, -0.15) is 0 Å². The van der Waals surface area contributed by atoms with Crippen LogP contribution < -0.4 is 0 Å². The van der Waals surface area contributed by atoms with E-state index in [1.807, 2.05) is 30.3 Å². The number of rotatable bonds is 3. The lowest BCUT2D eigenvalue weighted by Gasteiger charge is -2.05. The fourth-order valence-corrected chi connectivity index (χ4v) is 1.73. The number of carbonyl (C=O) groups is 1. The number of hydrogen-bond donors (Lipinski definition) is 0. The molecule has 1 aliphatic heterocycles. The SMILES string of the molecule is C=C1CC(C(=O)OCC)=C(c2ccccc2)O1. The summed E-state index contributed by atoms with van der Waals surface area (Å²) in [6, 6.07) is 9.50. The molecule has 0 aliphatic carbocycles. The molecule has 0 atom stereocenters. The molecule has 1 aromatic rings. The maximum Gasteiger partial charge on any atom is 0.338 e. The first kappa shape index (κ1) is 11.5. The van der Waals surface area contributed by atoms with Crippen LogP contribution in [0.3, 0.4) is 0 Å². The topological polar surface area (TPSA) is 35.5 Å². The predicted molar refractivity (Wildman–Crippen MR) is 64.8 cm³/mol. The van der Waals surface area contributed by atoms with Crippen LogP contribution in [-0.2, 0) is 14.3 Å². The van der Waals surface area contributed by atoms with E-state index >= 15 is 0 Å². The summed E-state index contributed by atoms with van der Waals surface area (Å²) in [6.45, 7) is 5.89. The standard InChI is InChI=1S/C14H14O3/c1-3-16-14(15)12-9-10(2)17-13(12)11-7-5-4-6-8-11/h4-8H,2-3,9H2,1H3. The zero-order chi connectivity index (χ0) is 12.3. The van der Waals surface area contributed by atoms with Gasteiger partial charge in [-0.15, -0.1) is 0 Å². The Hall–Kier alpha value is -2.03. The van der Waals surface area contributed by atoms with Gasteiger partial charge in [0.05, 0.1) is 12.2 Å². The van der Waals surface area contributed by atoms with Gasteiger partial charge < -0.3 is 9.47 Å². The fraction of sp³-hybridized carbons (Fsp3) is 0.214. The Bertz CT molecular complexity index is 472. The van der Waals surface area contributed by atoms with Crippen molar-refractivity contribution in [3.8, 4) is 0 Å². The Labute approximate surface area is 100 Å². The van der Waals surface area contributed by atoms with Gasteiger partial charge in [-0.05, 0) is 6.92 Å². The maximum absolute atomic E-state index is 11.8. The molecule has 1 aromatic carbocycles. The van der Waals surface area contributed by atoms with Crippen molar-refractivity contribution in [3.63, 3.8) is 0 Å². The van der Waals surface area contributed by atoms with Crippen molar-refractivity contribution in [2.45, 2.75) is 13.3 Å². The van der Waals surface area contributed by atoms with Crippen LogP contribution in [0, 0.1) is 0 Å². The average molecular weight is 230 g/mol. The Morgan fingerprint density at radius 2 is 2.12 bits per heavy atom. The maximum atomic E-state index is 11.8. The molecule has 0 N–H and O–H groups in total. The Balaban J connectivity index is 2.37. The second kappa shape index (κ2) is 4.87. The molecule has 1 heterocycles. The largest absolute Gasteiger partial charge is 0.463 e. The molecular formula is C14H14O3. The van der Waals surface area contributed by atoms with Crippen LogP contribution in [0.2, 0.25) is 0 Å². The molecule has 0 spiro atoms. The van der Waals surface area contributed by atoms with Crippen LogP contribution in [0.5, 0.6) is 0 Å². The van der Waals surface area contributed by atoms with Crippen LogP contribution in [0.15, 0.2) is 48.2 Å². The van der Waals surface area contributed by atoms with Gasteiger partial charge in [0.1, 0.15) is 11.5 Å². The summed E-state index contributed by atoms with van der Waals surface area (Å²) in [4.78, 5) is 11.8. The van der Waals surface area contributed by atoms with Crippen molar-refractivity contribution in [3.05, 3.63) is 53.8 Å². The van der Waals surface area contributed by atoms with Gasteiger partial charge in [-0.1, -0.05) is 36.9 Å². The molecule has 17 heavy (non-hydrogen) atoms. The lowest BCUT2D eigenvalue weighted by molar-refractivity contribution is -0.138. The molecule has 0 aromatic heterocycles. The number of esters is 1. The number of allylic oxidation sites excluding steroid dienone is 1. The number of hydrogen-bond acceptors (Lipinski definition) is 3. The summed E-state index contributed by atoms with van der Waals surface area (Å²) in [5, 5.41) is 0. The summed E-state index contributed by atoms with van der Waals surface area (Å²) in [7, 11) is 0. The fourth-order valence-electron chi connectivity index (χ4n) is 1.73. The zero-order valence-electron chi connectivity index (χ0n) is 9.73. The van der Waals surface area contributed by atoms with Gasteiger partial charge in [0, 0.05) is 12.0 Å². The number of benzene rings is 1. The number of ether oxygens (including phenoxy) is 2. The molecule has 0 saturated heterocycles. The van der Waals surface area contributed by atoms with Gasteiger partial charge in [0.2, 0.25) is 0 Å². The van der Waals surface area contributed by atoms with E-state index in [1.54, 1.807) is 6.92 Å². The first-order valence-corrected chi connectivity index (χ1v) is 5.53. The first-order valence-electron chi connectivity index (χ1n) is 5.53. The first-order chi connectivity index (χ1) is 8.22. The van der Waals surface area contributed by atoms with E-state index in [9.17, 15) is 4.79 Å². The molecule has 0 bridgehead atoms. The third-order valence-electron chi connectivity index (χ3n) is 2.45. The van der Waals surface area contributed by atoms with Crippen molar-refractivity contribution in [2.24, 2.45) is 0 Å². The van der Waals surface area contributed by atoms with Gasteiger partial charge >= 0.3 is 5.97 Å². The Morgan fingerprint density at radius 1 is 1.41 bits per heavy atom. The van der Waals surface area contributed by atoms with E-state index < -0.39 is 0 Å². The molecule has 0 radical (unpaired) electrons. The summed E-state index contributed by atoms with van der Waals surface area (Å²) in [5.74, 6) is 0.811. The second-order valence-corrected chi connectivity index (χ2v) is 3.71. The monoisotopic (exact) mass is 230 g/mol. The van der Waals surface area contributed by atoms with Crippen molar-refractivity contribution >= 4 is 11.7 Å². The van der Waals surface area contributed by atoms with E-state index in [0.29, 0.717) is 30.1 Å². The van der Waals surface area contributed by atoms with E-state index in [-0.39, 0.29) is 5.97 Å². The normalized spacial score (nSPS) is 14.8. The lowest BCUT2D eigenvalue weighted by Crippen LogP contribution is -2.07. The third-order valence-corrected chi connectivity index (χ3v) is 2.45. The minimum absolute atomic E-state index is 0.329. The van der Waals surface area contributed by atoms with E-state index in [4.69, 9.17) is 9.47 Å². The van der Waals surface area contributed by atoms with Crippen molar-refractivity contribution in [2.75, 3.05) is 6.61 Å².